The van der Waals surface area contributed by atoms with E-state index in [1.54, 1.807) is 0 Å². The Labute approximate surface area is 625 Å². The molecule has 10 aromatic rings. The zero-order valence-electron chi connectivity index (χ0n) is 65.7. The molecule has 16 heteroatoms. The SMILES string of the molecule is CC(C)(C)c1cc(-c2cc(B3OC(C)(C)C(C)(C)O3)cc(-c3nc(-c4ccccc4)nc(-c4ccccc4)n3)c2)cc(C(C)(C)C)c1.CC(C)(C)c1cc(-c2cc(Cl)cc(-c3nc(-c4ccccc4)nc(-c4ccccc4)n3)c2)cc(C(C)(C)C)c1.CC1(C)OB(B2OC(C)(C)C(C)(C)O2)OC1(C)C. The van der Waals surface area contributed by atoms with Gasteiger partial charge in [0.15, 0.2) is 34.9 Å². The van der Waals surface area contributed by atoms with Crippen molar-refractivity contribution in [2.75, 3.05) is 0 Å². The van der Waals surface area contributed by atoms with Gasteiger partial charge in [-0.1, -0.05) is 265 Å². The molecule has 538 valence electrons. The van der Waals surface area contributed by atoms with Crippen LogP contribution in [0, 0.1) is 0 Å². The molecule has 0 atom stereocenters. The van der Waals surface area contributed by atoms with Gasteiger partial charge in [0.05, 0.1) is 33.6 Å². The van der Waals surface area contributed by atoms with Crippen LogP contribution >= 0.6 is 11.6 Å². The highest BCUT2D eigenvalue weighted by Gasteiger charge is 2.64. The van der Waals surface area contributed by atoms with Gasteiger partial charge in [-0.05, 0) is 179 Å². The van der Waals surface area contributed by atoms with Gasteiger partial charge in [-0.15, -0.1) is 0 Å². The molecule has 0 bridgehead atoms. The fraction of sp³-hybridized carbons (Fsp3) is 0.386. The van der Waals surface area contributed by atoms with E-state index in [1.807, 2.05) is 189 Å². The molecule has 0 unspecified atom stereocenters. The standard InChI is InChI=1S/C41H46BN3O2.C35H34ClN3.C12H24B2O4/c1-38(2,3)32-22-30(23-33(26-32)39(4,5)6)29-21-31(25-34(24-29)42-46-40(7,8)41(9,10)47-42)37-44-35(27-17-13-11-14-18-27)43-36(45-37)28-19-15-12-16-20-28;1-34(2,3)28-18-26(19-29(22-28)35(4,5)6)25-17-27(21-30(36)20-25)33-38-31(23-13-9-7-10-14-23)37-32(39-33)24-15-11-8-12-16-24;1-9(2)10(3,4)16-13(15-9)14-17-11(5,6)12(7,8)18-14/h11-26H,1-10H3;7-22H,1-6H3;1-8H3. The second kappa shape index (κ2) is 28.7. The summed E-state index contributed by atoms with van der Waals surface area (Å²) in [5, 5.41) is 0.643. The molecule has 12 nitrogen and oxygen atoms in total. The highest BCUT2D eigenvalue weighted by Crippen LogP contribution is 2.45. The zero-order valence-corrected chi connectivity index (χ0v) is 66.5. The minimum Gasteiger partial charge on any atom is -0.405 e. The third kappa shape index (κ3) is 17.3. The Balaban J connectivity index is 0.000000171. The van der Waals surface area contributed by atoms with Gasteiger partial charge in [0.1, 0.15) is 0 Å². The number of hydrogen-bond acceptors (Lipinski definition) is 12. The lowest BCUT2D eigenvalue weighted by Gasteiger charge is -2.32. The van der Waals surface area contributed by atoms with Gasteiger partial charge in [-0.25, -0.2) is 29.9 Å². The second-order valence-electron chi connectivity index (χ2n) is 35.1. The van der Waals surface area contributed by atoms with Gasteiger partial charge in [0.25, 0.3) is 0 Å². The maximum absolute atomic E-state index is 6.75. The normalized spacial score (nSPS) is 17.3. The third-order valence-corrected chi connectivity index (χ3v) is 21.3. The Hall–Kier alpha value is -7.98. The van der Waals surface area contributed by atoms with Crippen LogP contribution in [-0.2, 0) is 49.6 Å². The molecule has 5 heterocycles. The van der Waals surface area contributed by atoms with E-state index in [9.17, 15) is 0 Å². The predicted octanol–water partition coefficient (Wildman–Crippen LogP) is 21.5. The first kappa shape index (κ1) is 77.1. The van der Waals surface area contributed by atoms with Gasteiger partial charge >= 0.3 is 21.1 Å². The van der Waals surface area contributed by atoms with Crippen molar-refractivity contribution in [3.63, 3.8) is 0 Å². The number of halogens is 1. The maximum atomic E-state index is 6.75. The van der Waals surface area contributed by atoms with Gasteiger partial charge < -0.3 is 27.9 Å². The van der Waals surface area contributed by atoms with Gasteiger partial charge in [-0.3, -0.25) is 0 Å². The summed E-state index contributed by atoms with van der Waals surface area (Å²) in [7, 11) is -1.50. The van der Waals surface area contributed by atoms with Crippen molar-refractivity contribution in [2.45, 2.75) is 221 Å². The van der Waals surface area contributed by atoms with Crippen molar-refractivity contribution in [3.05, 3.63) is 221 Å². The molecule has 8 aromatic carbocycles. The van der Waals surface area contributed by atoms with Crippen LogP contribution in [0.2, 0.25) is 5.02 Å². The van der Waals surface area contributed by atoms with Crippen molar-refractivity contribution in [2.24, 2.45) is 0 Å². The highest BCUT2D eigenvalue weighted by atomic mass is 35.5. The van der Waals surface area contributed by atoms with Gasteiger partial charge in [0, 0.05) is 38.4 Å². The molecule has 3 aliphatic rings. The Morgan fingerprint density at radius 3 is 0.731 bits per heavy atom. The summed E-state index contributed by atoms with van der Waals surface area (Å²) < 4.78 is 37.0. The molecule has 3 saturated heterocycles. The summed E-state index contributed by atoms with van der Waals surface area (Å²) in [5.41, 5.74) is 13.5. The minimum absolute atomic E-state index is 0.0147. The van der Waals surface area contributed by atoms with Crippen LogP contribution in [-0.4, -0.2) is 84.6 Å². The lowest BCUT2D eigenvalue weighted by atomic mass is 9.49. The lowest BCUT2D eigenvalue weighted by molar-refractivity contribution is 0.00578. The van der Waals surface area contributed by atoms with Crippen molar-refractivity contribution >= 4 is 38.2 Å². The molecule has 0 saturated carbocycles. The Morgan fingerprint density at radius 2 is 0.462 bits per heavy atom. The quantitative estimate of drug-likeness (QED) is 0.121. The molecule has 0 N–H and O–H groups in total. The van der Waals surface area contributed by atoms with E-state index in [0.717, 1.165) is 61.1 Å². The van der Waals surface area contributed by atoms with Crippen molar-refractivity contribution in [1.82, 2.24) is 29.9 Å². The Bertz CT molecular complexity index is 4460. The number of rotatable bonds is 10. The first-order valence-electron chi connectivity index (χ1n) is 36.5. The van der Waals surface area contributed by atoms with E-state index in [4.69, 9.17) is 69.4 Å². The van der Waals surface area contributed by atoms with E-state index < -0.39 is 32.3 Å². The largest absolute Gasteiger partial charge is 0.494 e. The second-order valence-corrected chi connectivity index (χ2v) is 35.5. The van der Waals surface area contributed by atoms with Crippen LogP contribution in [0.15, 0.2) is 194 Å². The summed E-state index contributed by atoms with van der Waals surface area (Å²) in [6.45, 7) is 51.7. The minimum atomic E-state index is -0.546. The van der Waals surface area contributed by atoms with Crippen molar-refractivity contribution < 1.29 is 27.9 Å². The molecule has 3 fully saturated rings. The van der Waals surface area contributed by atoms with Gasteiger partial charge in [-0.2, -0.15) is 0 Å². The molecule has 0 aliphatic carbocycles. The molecule has 0 amide bonds. The summed E-state index contributed by atoms with van der Waals surface area (Å²) in [5.74, 6) is 3.70. The average Bonchev–Trinajstić information content (AvgIpc) is 1.56. The predicted molar refractivity (Wildman–Crippen MR) is 431 cm³/mol. The molecule has 2 aromatic heterocycles. The molecule has 104 heavy (non-hydrogen) atoms. The number of nitrogens with zero attached hydrogens (tertiary/aromatic N) is 6. The molecule has 0 spiro atoms. The first-order chi connectivity index (χ1) is 48.3. The van der Waals surface area contributed by atoms with Crippen LogP contribution in [0.3, 0.4) is 0 Å². The summed E-state index contributed by atoms with van der Waals surface area (Å²) in [4.78, 5) is 29.7. The smallest absolute Gasteiger partial charge is 0.405 e. The molecule has 13 rings (SSSR count). The van der Waals surface area contributed by atoms with Crippen LogP contribution in [0.5, 0.6) is 0 Å². The zero-order chi connectivity index (χ0) is 75.5. The monoisotopic (exact) mass is 1410 g/mol. The van der Waals surface area contributed by atoms with Crippen molar-refractivity contribution in [3.8, 4) is 90.6 Å². The molecule has 3 aliphatic heterocycles. The van der Waals surface area contributed by atoms with E-state index in [2.05, 4.69) is 171 Å². The highest BCUT2D eigenvalue weighted by molar-refractivity contribution is 7.11. The lowest BCUT2D eigenvalue weighted by Crippen LogP contribution is -2.41. The van der Waals surface area contributed by atoms with Crippen LogP contribution in [0.1, 0.15) is 188 Å². The summed E-state index contributed by atoms with van der Waals surface area (Å²) >= 11 is 6.75. The number of hydrogen-bond donors (Lipinski definition) is 0. The average molecular weight is 1410 g/mol. The van der Waals surface area contributed by atoms with Crippen LogP contribution in [0.25, 0.3) is 90.6 Å². The third-order valence-electron chi connectivity index (χ3n) is 21.1. The van der Waals surface area contributed by atoms with Gasteiger partial charge in [0.2, 0.25) is 0 Å². The topological polar surface area (TPSA) is 133 Å². The maximum Gasteiger partial charge on any atom is 0.494 e. The van der Waals surface area contributed by atoms with E-state index in [-0.39, 0.29) is 44.1 Å². The van der Waals surface area contributed by atoms with Crippen molar-refractivity contribution in [1.29, 1.82) is 0 Å². The van der Waals surface area contributed by atoms with E-state index in [1.165, 1.54) is 22.3 Å². The first-order valence-corrected chi connectivity index (χ1v) is 36.8. The van der Waals surface area contributed by atoms with Crippen LogP contribution < -0.4 is 5.46 Å². The summed E-state index contributed by atoms with van der Waals surface area (Å²) in [6.07, 6.45) is 0. The Kier molecular flexibility index (Phi) is 21.3. The summed E-state index contributed by atoms with van der Waals surface area (Å²) in [6, 6.07) is 66.7. The number of aromatic nitrogens is 6. The Morgan fingerprint density at radius 1 is 0.250 bits per heavy atom. The number of benzene rings is 8. The molecular formula is C88H104B3ClN6O6. The molecule has 0 radical (unpaired) electrons. The van der Waals surface area contributed by atoms with Crippen LogP contribution in [0.4, 0.5) is 0 Å². The fourth-order valence-corrected chi connectivity index (χ4v) is 12.4. The molecular weight excluding hydrogens is 1300 g/mol. The fourth-order valence-electron chi connectivity index (χ4n) is 12.1. The van der Waals surface area contributed by atoms with E-state index >= 15 is 0 Å². The van der Waals surface area contributed by atoms with E-state index in [0.29, 0.717) is 40.0 Å².